The van der Waals surface area contributed by atoms with Crippen molar-refractivity contribution < 1.29 is 13.9 Å². The summed E-state index contributed by atoms with van der Waals surface area (Å²) in [7, 11) is 0. The molecule has 0 unspecified atom stereocenters. The first-order valence-electron chi connectivity index (χ1n) is 3.68. The highest BCUT2D eigenvalue weighted by molar-refractivity contribution is 5.30. The first-order chi connectivity index (χ1) is 5.47. The molecule has 0 fully saturated rings. The molecule has 0 radical (unpaired) electrons. The molecule has 68 valence electrons. The van der Waals surface area contributed by atoms with Gasteiger partial charge in [0.05, 0.1) is 0 Å². The van der Waals surface area contributed by atoms with Crippen LogP contribution in [0, 0.1) is 0 Å². The standard InChI is InChI=1S/C9H10.F2.FH/c1-2-5-9-7-3-6-8(9)4-1;1-2;/h1-2,4-5H,3,6-7H2;;1H. The molecule has 0 nitrogen and oxygen atoms in total. The van der Waals surface area contributed by atoms with Gasteiger partial charge in [0.1, 0.15) is 0 Å². The fourth-order valence-corrected chi connectivity index (χ4v) is 1.51. The summed E-state index contributed by atoms with van der Waals surface area (Å²) in [6.45, 7) is 0. The van der Waals surface area contributed by atoms with E-state index in [1.54, 1.807) is 11.1 Å². The van der Waals surface area contributed by atoms with Gasteiger partial charge in [-0.1, -0.05) is 24.3 Å². The zero-order valence-corrected chi connectivity index (χ0v) is 6.59. The van der Waals surface area contributed by atoms with Gasteiger partial charge in [-0.2, -0.15) is 0 Å². The highest BCUT2D eigenvalue weighted by atomic mass is 20.0. The van der Waals surface area contributed by atoms with Crippen molar-refractivity contribution in [3.05, 3.63) is 35.4 Å². The van der Waals surface area contributed by atoms with Crippen LogP contribution in [0.25, 0.3) is 0 Å². The van der Waals surface area contributed by atoms with Crippen LogP contribution < -0.4 is 0 Å². The third kappa shape index (κ3) is 2.26. The molecule has 0 bridgehead atoms. The van der Waals surface area contributed by atoms with Gasteiger partial charge in [-0.25, -0.2) is 0 Å². The molecule has 0 amide bonds. The van der Waals surface area contributed by atoms with Crippen molar-refractivity contribution in [3.63, 3.8) is 0 Å². The van der Waals surface area contributed by atoms with Crippen molar-refractivity contribution in [2.24, 2.45) is 0 Å². The molecule has 0 spiro atoms. The average molecular weight is 176 g/mol. The van der Waals surface area contributed by atoms with E-state index in [0.717, 1.165) is 0 Å². The molecule has 0 atom stereocenters. The van der Waals surface area contributed by atoms with Crippen LogP contribution in [0.3, 0.4) is 0 Å². The molecule has 1 aliphatic rings. The molecule has 0 saturated carbocycles. The predicted molar refractivity (Wildman–Crippen MR) is 43.2 cm³/mol. The van der Waals surface area contributed by atoms with E-state index in [0.29, 0.717) is 0 Å². The Morgan fingerprint density at radius 3 is 1.75 bits per heavy atom. The van der Waals surface area contributed by atoms with Gasteiger partial charge in [0.15, 0.2) is 0 Å². The quantitative estimate of drug-likeness (QED) is 0.569. The van der Waals surface area contributed by atoms with Crippen LogP contribution in [0.1, 0.15) is 17.5 Å². The van der Waals surface area contributed by atoms with Crippen LogP contribution in [0.15, 0.2) is 24.3 Å². The lowest BCUT2D eigenvalue weighted by atomic mass is 10.1. The third-order valence-corrected chi connectivity index (χ3v) is 2.01. The Morgan fingerprint density at radius 1 is 0.917 bits per heavy atom. The maximum Gasteiger partial charge on any atom is 0 e. The molecule has 0 aliphatic heterocycles. The van der Waals surface area contributed by atoms with Crippen LogP contribution >= 0.6 is 0 Å². The Labute approximate surface area is 69.4 Å². The van der Waals surface area contributed by atoms with E-state index in [1.165, 1.54) is 19.3 Å². The van der Waals surface area contributed by atoms with Crippen molar-refractivity contribution >= 4 is 0 Å². The fourth-order valence-electron chi connectivity index (χ4n) is 1.51. The molecule has 1 aromatic rings. The topological polar surface area (TPSA) is 0 Å². The van der Waals surface area contributed by atoms with Gasteiger partial charge < -0.3 is 0 Å². The molecule has 0 saturated heterocycles. The van der Waals surface area contributed by atoms with Crippen LogP contribution in [0.2, 0.25) is 0 Å². The fraction of sp³-hybridized carbons (Fsp3) is 0.333. The van der Waals surface area contributed by atoms with E-state index >= 15 is 0 Å². The summed E-state index contributed by atoms with van der Waals surface area (Å²) in [4.78, 5) is 0. The van der Waals surface area contributed by atoms with Crippen LogP contribution in [0.5, 0.6) is 0 Å². The molecule has 0 N–H and O–H groups in total. The molecule has 1 aromatic carbocycles. The Hall–Kier alpha value is -0.990. The third-order valence-electron chi connectivity index (χ3n) is 2.01. The predicted octanol–water partition coefficient (Wildman–Crippen LogP) is 3.17. The summed E-state index contributed by atoms with van der Waals surface area (Å²) in [6.07, 6.45) is 3.96. The first kappa shape index (κ1) is 11.0. The minimum Gasteiger partial charge on any atom is -0.269 e. The van der Waals surface area contributed by atoms with E-state index in [2.05, 4.69) is 24.3 Å². The van der Waals surface area contributed by atoms with E-state index in [1.807, 2.05) is 0 Å². The zero-order valence-electron chi connectivity index (χ0n) is 6.59. The molecule has 1 aliphatic carbocycles. The summed E-state index contributed by atoms with van der Waals surface area (Å²) in [5.74, 6) is 0. The van der Waals surface area contributed by atoms with Crippen LogP contribution in [-0.2, 0) is 12.8 Å². The maximum atomic E-state index is 8.00. The van der Waals surface area contributed by atoms with E-state index < -0.39 is 0 Å². The summed E-state index contributed by atoms with van der Waals surface area (Å²) >= 11 is 0. The Kier molecular flexibility index (Phi) is 5.17. The van der Waals surface area contributed by atoms with Crippen molar-refractivity contribution in [2.75, 3.05) is 0 Å². The number of benzene rings is 1. The molecule has 0 aromatic heterocycles. The summed E-state index contributed by atoms with van der Waals surface area (Å²) in [5.41, 5.74) is 3.13. The van der Waals surface area contributed by atoms with Crippen molar-refractivity contribution in [1.29, 1.82) is 0 Å². The van der Waals surface area contributed by atoms with E-state index in [-0.39, 0.29) is 4.70 Å². The number of rotatable bonds is 0. The van der Waals surface area contributed by atoms with Gasteiger partial charge in [-0.15, -0.1) is 0 Å². The molecule has 2 rings (SSSR count). The van der Waals surface area contributed by atoms with Gasteiger partial charge in [-0.3, -0.25) is 4.70 Å². The minimum absolute atomic E-state index is 0. The lowest BCUT2D eigenvalue weighted by Crippen LogP contribution is -1.77. The lowest BCUT2D eigenvalue weighted by Gasteiger charge is -1.93. The van der Waals surface area contributed by atoms with Gasteiger partial charge in [0.2, 0.25) is 0 Å². The largest absolute Gasteiger partial charge is 0.269 e. The van der Waals surface area contributed by atoms with Gasteiger partial charge in [0, 0.05) is 9.15 Å². The Bertz CT molecular complexity index is 200. The average Bonchev–Trinajstić information content (AvgIpc) is 2.55. The molecule has 12 heavy (non-hydrogen) atoms. The zero-order chi connectivity index (χ0) is 8.10. The normalized spacial score (nSPS) is 12.2. The van der Waals surface area contributed by atoms with Crippen molar-refractivity contribution in [1.82, 2.24) is 0 Å². The maximum absolute atomic E-state index is 8.00. The van der Waals surface area contributed by atoms with Crippen molar-refractivity contribution in [2.45, 2.75) is 19.3 Å². The van der Waals surface area contributed by atoms with E-state index in [4.69, 9.17) is 9.15 Å². The smallest absolute Gasteiger partial charge is 0 e. The summed E-state index contributed by atoms with van der Waals surface area (Å²) < 4.78 is 16.0. The number of halogens is 3. The van der Waals surface area contributed by atoms with Crippen LogP contribution in [-0.4, -0.2) is 0 Å². The van der Waals surface area contributed by atoms with Crippen LogP contribution in [0.4, 0.5) is 13.9 Å². The number of hydrogen-bond acceptors (Lipinski definition) is 0. The summed E-state index contributed by atoms with van der Waals surface area (Å²) in [6, 6.07) is 8.74. The molecule has 3 heteroatoms. The Balaban J connectivity index is 0.000000378. The minimum atomic E-state index is 0. The second-order valence-electron chi connectivity index (χ2n) is 2.62. The van der Waals surface area contributed by atoms with Crippen molar-refractivity contribution in [3.8, 4) is 0 Å². The van der Waals surface area contributed by atoms with Gasteiger partial charge in [-0.05, 0) is 30.4 Å². The second kappa shape index (κ2) is 5.63. The summed E-state index contributed by atoms with van der Waals surface area (Å²) in [5, 5.41) is 0. The Morgan fingerprint density at radius 2 is 1.33 bits per heavy atom. The second-order valence-corrected chi connectivity index (χ2v) is 2.62. The number of fused-ring (bicyclic) bond motifs is 1. The van der Waals surface area contributed by atoms with Gasteiger partial charge >= 0.3 is 0 Å². The molecular weight excluding hydrogens is 165 g/mol. The SMILES string of the molecule is F.FF.c1ccc2c(c1)CCC2. The monoisotopic (exact) mass is 176 g/mol. The van der Waals surface area contributed by atoms with Gasteiger partial charge in [0.25, 0.3) is 0 Å². The highest BCUT2D eigenvalue weighted by Crippen LogP contribution is 2.20. The number of aryl methyl sites for hydroxylation is 2. The molecular formula is C9H11F3. The molecule has 0 heterocycles. The highest BCUT2D eigenvalue weighted by Gasteiger charge is 2.07. The van der Waals surface area contributed by atoms with E-state index in [9.17, 15) is 0 Å². The first-order valence-corrected chi connectivity index (χ1v) is 3.68. The lowest BCUT2D eigenvalue weighted by molar-refractivity contribution is 0.108. The number of hydrogen-bond donors (Lipinski definition) is 0.